The van der Waals surface area contributed by atoms with E-state index in [4.69, 9.17) is 9.47 Å². The third-order valence-corrected chi connectivity index (χ3v) is 10.4. The fourth-order valence-electron chi connectivity index (χ4n) is 8.21. The van der Waals surface area contributed by atoms with Crippen molar-refractivity contribution in [1.29, 1.82) is 0 Å². The Balaban J connectivity index is 1.51. The van der Waals surface area contributed by atoms with Gasteiger partial charge in [0.05, 0.1) is 6.10 Å². The lowest BCUT2D eigenvalue weighted by Crippen LogP contribution is -2.63. The molecule has 0 aromatic heterocycles. The second-order valence-corrected chi connectivity index (χ2v) is 12.5. The molecule has 0 spiro atoms. The molecular weight excluding hydrogens is 510 g/mol. The summed E-state index contributed by atoms with van der Waals surface area (Å²) < 4.78 is 11.2. The molecule has 40 heavy (non-hydrogen) atoms. The first-order valence-corrected chi connectivity index (χ1v) is 14.5. The summed E-state index contributed by atoms with van der Waals surface area (Å²) in [5, 5.41) is 14.3. The minimum Gasteiger partial charge on any atom is -0.459 e. The molecule has 1 aromatic rings. The largest absolute Gasteiger partial charge is 0.459 e. The summed E-state index contributed by atoms with van der Waals surface area (Å²) in [6.45, 7) is 11.3. The summed E-state index contributed by atoms with van der Waals surface area (Å²) in [7, 11) is 0. The molecule has 0 radical (unpaired) electrons. The van der Waals surface area contributed by atoms with Gasteiger partial charge in [0.15, 0.2) is 6.61 Å². The topological polar surface area (TPSA) is 119 Å². The van der Waals surface area contributed by atoms with E-state index >= 15 is 0 Å². The van der Waals surface area contributed by atoms with E-state index in [0.29, 0.717) is 18.4 Å². The molecule has 0 aliphatic heterocycles. The second-order valence-electron chi connectivity index (χ2n) is 12.5. The number of nitrogens with one attached hydrogen (secondary N) is 1. The van der Waals surface area contributed by atoms with Crippen LogP contribution in [0.1, 0.15) is 76.6 Å². The first kappa shape index (κ1) is 30.0. The normalized spacial score (nSPS) is 36.9. The number of hydrogen-bond donors (Lipinski definition) is 2. The zero-order valence-electron chi connectivity index (χ0n) is 24.1. The molecule has 8 nitrogen and oxygen atoms in total. The molecule has 0 unspecified atom stereocenters. The van der Waals surface area contributed by atoms with Gasteiger partial charge in [0, 0.05) is 28.7 Å². The number of amides is 1. The van der Waals surface area contributed by atoms with Gasteiger partial charge in [-0.3, -0.25) is 14.4 Å². The van der Waals surface area contributed by atoms with E-state index < -0.39 is 54.0 Å². The molecule has 8 atom stereocenters. The summed E-state index contributed by atoms with van der Waals surface area (Å²) >= 11 is 0. The number of rotatable bonds is 8. The van der Waals surface area contributed by atoms with Crippen LogP contribution in [0.4, 0.5) is 0 Å². The number of aliphatic hydroxyl groups is 1. The van der Waals surface area contributed by atoms with Crippen LogP contribution in [0.3, 0.4) is 0 Å². The highest BCUT2D eigenvalue weighted by atomic mass is 16.6. The van der Waals surface area contributed by atoms with Crippen LogP contribution in [0.15, 0.2) is 43.0 Å². The van der Waals surface area contributed by atoms with Crippen LogP contribution in [0.5, 0.6) is 0 Å². The summed E-state index contributed by atoms with van der Waals surface area (Å²) in [6.07, 6.45) is 4.17. The standard InChI is InChI=1S/C32H43NO7/c1-6-22-28(37)30(4,7-2)17-24(31(5)15-13-20(3)32(22)16-14-23(34)27(31)32)40-26(36)19-39-25(35)18-33-29(38)21-11-9-8-10-12-21/h7-12,20,22,24,27-28,37H,2,6,13-19H2,1,3-5H3,(H,33,38)/t20-,22+,24-,27+,28+,30-,31+,32+/m1/s1. The maximum atomic E-state index is 13.6. The van der Waals surface area contributed by atoms with Crippen LogP contribution in [-0.2, 0) is 23.9 Å². The van der Waals surface area contributed by atoms with Gasteiger partial charge in [-0.15, -0.1) is 6.58 Å². The van der Waals surface area contributed by atoms with Crippen LogP contribution in [-0.4, -0.2) is 54.1 Å². The lowest BCUT2D eigenvalue weighted by molar-refractivity contribution is -0.209. The Morgan fingerprint density at radius 1 is 1.15 bits per heavy atom. The Kier molecular flexibility index (Phi) is 8.60. The second kappa shape index (κ2) is 11.5. The first-order valence-electron chi connectivity index (χ1n) is 14.5. The number of ketones is 1. The van der Waals surface area contributed by atoms with Crippen LogP contribution >= 0.6 is 0 Å². The quantitative estimate of drug-likeness (QED) is 0.365. The van der Waals surface area contributed by atoms with Crippen molar-refractivity contribution in [3.63, 3.8) is 0 Å². The predicted octanol–water partition coefficient (Wildman–Crippen LogP) is 4.26. The van der Waals surface area contributed by atoms with Crippen molar-refractivity contribution in [3.8, 4) is 0 Å². The number of carbonyl (C=O) groups is 4. The molecule has 4 rings (SSSR count). The van der Waals surface area contributed by atoms with E-state index in [1.807, 2.05) is 6.92 Å². The molecule has 3 saturated carbocycles. The first-order chi connectivity index (χ1) is 18.9. The minimum atomic E-state index is -0.765. The zero-order chi connectivity index (χ0) is 29.3. The molecule has 0 saturated heterocycles. The van der Waals surface area contributed by atoms with Gasteiger partial charge in [-0.1, -0.05) is 58.4 Å². The van der Waals surface area contributed by atoms with Crippen LogP contribution in [0.2, 0.25) is 0 Å². The van der Waals surface area contributed by atoms with Gasteiger partial charge in [-0.25, -0.2) is 4.79 Å². The van der Waals surface area contributed by atoms with Gasteiger partial charge >= 0.3 is 11.9 Å². The van der Waals surface area contributed by atoms with Gasteiger partial charge < -0.3 is 19.9 Å². The highest BCUT2D eigenvalue weighted by Crippen LogP contribution is 2.68. The molecule has 2 N–H and O–H groups in total. The summed E-state index contributed by atoms with van der Waals surface area (Å²) in [6, 6.07) is 8.46. The molecule has 8 heteroatoms. The summed E-state index contributed by atoms with van der Waals surface area (Å²) in [4.78, 5) is 51.1. The number of aliphatic hydroxyl groups excluding tert-OH is 1. The highest BCUT2D eigenvalue weighted by Gasteiger charge is 2.69. The third-order valence-electron chi connectivity index (χ3n) is 10.4. The van der Waals surface area contributed by atoms with Crippen molar-refractivity contribution in [2.24, 2.45) is 34.0 Å². The highest BCUT2D eigenvalue weighted by molar-refractivity contribution is 5.96. The van der Waals surface area contributed by atoms with Crippen LogP contribution in [0, 0.1) is 34.0 Å². The van der Waals surface area contributed by atoms with Crippen molar-refractivity contribution in [3.05, 3.63) is 48.6 Å². The van der Waals surface area contributed by atoms with Crippen molar-refractivity contribution >= 4 is 23.6 Å². The van der Waals surface area contributed by atoms with E-state index in [1.165, 1.54) is 0 Å². The molecule has 1 aromatic carbocycles. The number of benzene rings is 1. The number of ether oxygens (including phenoxy) is 2. The van der Waals surface area contributed by atoms with Gasteiger partial charge in [0.2, 0.25) is 0 Å². The van der Waals surface area contributed by atoms with Gasteiger partial charge in [-0.05, 0) is 55.1 Å². The fraction of sp³-hybridized carbons (Fsp3) is 0.625. The molecule has 3 aliphatic carbocycles. The van der Waals surface area contributed by atoms with E-state index in [9.17, 15) is 24.3 Å². The Morgan fingerprint density at radius 3 is 2.50 bits per heavy atom. The Bertz CT molecular complexity index is 1150. The fourth-order valence-corrected chi connectivity index (χ4v) is 8.21. The molecule has 218 valence electrons. The van der Waals surface area contributed by atoms with Gasteiger partial charge in [0.1, 0.15) is 18.4 Å². The van der Waals surface area contributed by atoms with Crippen molar-refractivity contribution < 1.29 is 33.8 Å². The Hall–Kier alpha value is -3.00. The lowest BCUT2D eigenvalue weighted by Gasteiger charge is -2.62. The molecule has 0 heterocycles. The monoisotopic (exact) mass is 553 g/mol. The number of hydrogen-bond acceptors (Lipinski definition) is 7. The number of esters is 2. The maximum Gasteiger partial charge on any atom is 0.344 e. The SMILES string of the molecule is C=C[C@]1(C)C[C@@H](OC(=O)COC(=O)CNC(=O)c2ccccc2)[C@]2(C)CC[C@@H](C)[C@@]3(CCC(=O)[C@@H]23)[C@@H](CC)[C@@H]1O. The Labute approximate surface area is 236 Å². The summed E-state index contributed by atoms with van der Waals surface area (Å²) in [5.41, 5.74) is -1.34. The van der Waals surface area contributed by atoms with E-state index in [0.717, 1.165) is 25.7 Å². The van der Waals surface area contributed by atoms with Crippen molar-refractivity contribution in [2.75, 3.05) is 13.2 Å². The minimum absolute atomic E-state index is 0.0784. The van der Waals surface area contributed by atoms with Crippen molar-refractivity contribution in [2.45, 2.75) is 78.4 Å². The average Bonchev–Trinajstić information content (AvgIpc) is 3.31. The maximum absolute atomic E-state index is 13.6. The predicted molar refractivity (Wildman–Crippen MR) is 149 cm³/mol. The third kappa shape index (κ3) is 5.11. The molecule has 3 fully saturated rings. The molecule has 2 bridgehead atoms. The number of Topliss-reactive ketones (excluding diaryl/α,β-unsaturated/α-hetero) is 1. The van der Waals surface area contributed by atoms with Crippen molar-refractivity contribution in [1.82, 2.24) is 5.32 Å². The van der Waals surface area contributed by atoms with Gasteiger partial charge in [-0.2, -0.15) is 0 Å². The van der Waals surface area contributed by atoms with E-state index in [-0.39, 0.29) is 29.0 Å². The van der Waals surface area contributed by atoms with E-state index in [1.54, 1.807) is 36.4 Å². The van der Waals surface area contributed by atoms with E-state index in [2.05, 4.69) is 32.7 Å². The molecule has 3 aliphatic rings. The molecule has 1 amide bonds. The van der Waals surface area contributed by atoms with Crippen LogP contribution < -0.4 is 5.32 Å². The average molecular weight is 554 g/mol. The molecular formula is C32H43NO7. The number of carbonyl (C=O) groups excluding carboxylic acids is 4. The van der Waals surface area contributed by atoms with Crippen LogP contribution in [0.25, 0.3) is 0 Å². The lowest BCUT2D eigenvalue weighted by atomic mass is 9.43. The summed E-state index contributed by atoms with van der Waals surface area (Å²) in [5.74, 6) is -1.89. The van der Waals surface area contributed by atoms with Gasteiger partial charge in [0.25, 0.3) is 5.91 Å². The zero-order valence-corrected chi connectivity index (χ0v) is 24.1. The smallest absolute Gasteiger partial charge is 0.344 e. The Morgan fingerprint density at radius 2 is 1.85 bits per heavy atom.